The lowest BCUT2D eigenvalue weighted by atomic mass is 9.41. The molecule has 1 saturated heterocycles. The van der Waals surface area contributed by atoms with Gasteiger partial charge in [-0.1, -0.05) is 46.2 Å². The molecule has 44 heavy (non-hydrogen) atoms. The van der Waals surface area contributed by atoms with Crippen LogP contribution in [0.4, 0.5) is 10.5 Å². The molecule has 4 aliphatic carbocycles. The van der Waals surface area contributed by atoms with Gasteiger partial charge in [0.05, 0.1) is 31.6 Å². The number of aliphatic hydroxyl groups excluding tert-OH is 2. The van der Waals surface area contributed by atoms with Crippen LogP contribution in [0.5, 0.6) is 5.75 Å². The molecule has 1 aromatic rings. The van der Waals surface area contributed by atoms with Gasteiger partial charge in [-0.3, -0.25) is 0 Å². The van der Waals surface area contributed by atoms with E-state index in [4.69, 9.17) is 9.47 Å². The first-order chi connectivity index (χ1) is 21.1. The molecule has 7 heteroatoms. The fraction of sp³-hybridized carbons (Fsp3) is 0.811. The van der Waals surface area contributed by atoms with Gasteiger partial charge in [-0.15, -0.1) is 0 Å². The van der Waals surface area contributed by atoms with Gasteiger partial charge in [-0.25, -0.2) is 4.79 Å². The maximum Gasteiger partial charge on any atom is 0.409 e. The Labute approximate surface area is 265 Å². The second-order valence-electron chi connectivity index (χ2n) is 15.6. The summed E-state index contributed by atoms with van der Waals surface area (Å²) < 4.78 is 11.4. The van der Waals surface area contributed by atoms with Crippen LogP contribution in [0.25, 0.3) is 0 Å². The van der Waals surface area contributed by atoms with E-state index in [0.717, 1.165) is 56.6 Å². The van der Waals surface area contributed by atoms with Gasteiger partial charge in [0, 0.05) is 26.2 Å². The number of nitrogens with zero attached hydrogens (tertiary/aromatic N) is 2. The molecule has 7 nitrogen and oxygen atoms in total. The van der Waals surface area contributed by atoms with Crippen molar-refractivity contribution in [1.82, 2.24) is 4.90 Å². The summed E-state index contributed by atoms with van der Waals surface area (Å²) in [6, 6.07) is 8.06. The third-order valence-corrected chi connectivity index (χ3v) is 13.9. The number of fused-ring (bicyclic) bond motifs is 5. The van der Waals surface area contributed by atoms with E-state index in [1.165, 1.54) is 25.7 Å². The molecule has 0 spiro atoms. The van der Waals surface area contributed by atoms with E-state index in [9.17, 15) is 15.0 Å². The highest BCUT2D eigenvalue weighted by molar-refractivity contribution is 5.68. The topological polar surface area (TPSA) is 82.5 Å². The smallest absolute Gasteiger partial charge is 0.409 e. The number of amides is 1. The Balaban J connectivity index is 1.03. The quantitative estimate of drug-likeness (QED) is 0.362. The summed E-state index contributed by atoms with van der Waals surface area (Å²) in [6.45, 7) is 13.0. The van der Waals surface area contributed by atoms with Crippen LogP contribution in [0.1, 0.15) is 85.5 Å². The predicted octanol–water partition coefficient (Wildman–Crippen LogP) is 6.61. The highest BCUT2D eigenvalue weighted by atomic mass is 16.6. The largest absolute Gasteiger partial charge is 0.495 e. The van der Waals surface area contributed by atoms with E-state index >= 15 is 0 Å². The van der Waals surface area contributed by atoms with Crippen LogP contribution in [0.2, 0.25) is 0 Å². The highest BCUT2D eigenvalue weighted by Crippen LogP contribution is 2.69. The Morgan fingerprint density at radius 1 is 0.977 bits per heavy atom. The number of methoxy groups -OCH3 is 1. The maximum absolute atomic E-state index is 13.0. The van der Waals surface area contributed by atoms with Gasteiger partial charge in [0.15, 0.2) is 0 Å². The van der Waals surface area contributed by atoms with E-state index in [1.807, 2.05) is 23.1 Å². The van der Waals surface area contributed by atoms with E-state index in [-0.39, 0.29) is 29.1 Å². The number of ether oxygens (including phenoxy) is 2. The molecule has 1 aromatic carbocycles. The van der Waals surface area contributed by atoms with Crippen molar-refractivity contribution in [3.63, 3.8) is 0 Å². The van der Waals surface area contributed by atoms with Gasteiger partial charge >= 0.3 is 6.09 Å². The average molecular weight is 611 g/mol. The van der Waals surface area contributed by atoms with Crippen LogP contribution >= 0.6 is 0 Å². The third kappa shape index (κ3) is 5.42. The maximum atomic E-state index is 13.0. The van der Waals surface area contributed by atoms with Crippen molar-refractivity contribution in [2.24, 2.45) is 52.3 Å². The first-order valence-corrected chi connectivity index (χ1v) is 17.8. The predicted molar refractivity (Wildman–Crippen MR) is 174 cm³/mol. The molecule has 1 heterocycles. The number of aliphatic hydroxyl groups is 2. The molecule has 2 N–H and O–H groups in total. The number of carbonyl (C=O) groups is 1. The molecule has 0 aromatic heterocycles. The minimum absolute atomic E-state index is 0.191. The van der Waals surface area contributed by atoms with Crippen LogP contribution in [-0.4, -0.2) is 73.3 Å². The normalized spacial score (nSPS) is 40.9. The van der Waals surface area contributed by atoms with Gasteiger partial charge in [0.25, 0.3) is 0 Å². The zero-order valence-corrected chi connectivity index (χ0v) is 27.9. The van der Waals surface area contributed by atoms with Crippen molar-refractivity contribution in [3.8, 4) is 5.75 Å². The fourth-order valence-corrected chi connectivity index (χ4v) is 11.6. The number of hydrogen-bond donors (Lipinski definition) is 2. The van der Waals surface area contributed by atoms with Crippen molar-refractivity contribution in [3.05, 3.63) is 24.3 Å². The molecule has 1 amide bonds. The van der Waals surface area contributed by atoms with Crippen molar-refractivity contribution >= 4 is 11.8 Å². The second-order valence-corrected chi connectivity index (χ2v) is 15.6. The summed E-state index contributed by atoms with van der Waals surface area (Å²) in [7, 11) is 1.70. The third-order valence-electron chi connectivity index (χ3n) is 13.9. The molecule has 11 atom stereocenters. The summed E-state index contributed by atoms with van der Waals surface area (Å²) in [6.07, 6.45) is 9.00. The zero-order valence-electron chi connectivity index (χ0n) is 27.9. The van der Waals surface area contributed by atoms with Gasteiger partial charge in [0.2, 0.25) is 0 Å². The second kappa shape index (κ2) is 12.7. The summed E-state index contributed by atoms with van der Waals surface area (Å²) in [5.74, 6) is 4.18. The minimum Gasteiger partial charge on any atom is -0.495 e. The lowest BCUT2D eigenvalue weighted by molar-refractivity contribution is -0.203. The molecule has 246 valence electrons. The van der Waals surface area contributed by atoms with Crippen molar-refractivity contribution < 1.29 is 24.5 Å². The number of anilines is 1. The minimum atomic E-state index is -0.253. The van der Waals surface area contributed by atoms with Gasteiger partial charge in [0.1, 0.15) is 5.75 Å². The molecule has 3 unspecified atom stereocenters. The molecule has 6 rings (SSSR count). The Morgan fingerprint density at radius 3 is 2.41 bits per heavy atom. The monoisotopic (exact) mass is 610 g/mol. The van der Waals surface area contributed by atoms with Crippen LogP contribution in [0.3, 0.4) is 0 Å². The number of hydrogen-bond acceptors (Lipinski definition) is 6. The highest BCUT2D eigenvalue weighted by Gasteiger charge is 2.64. The number of carbonyl (C=O) groups excluding carboxylic acids is 1. The first kappa shape index (κ1) is 32.0. The molecule has 0 bridgehead atoms. The molecule has 5 fully saturated rings. The van der Waals surface area contributed by atoms with Crippen LogP contribution in [0.15, 0.2) is 24.3 Å². The van der Waals surface area contributed by atoms with E-state index in [0.29, 0.717) is 61.1 Å². The summed E-state index contributed by atoms with van der Waals surface area (Å²) >= 11 is 0. The van der Waals surface area contributed by atoms with Crippen molar-refractivity contribution in [1.29, 1.82) is 0 Å². The van der Waals surface area contributed by atoms with E-state index in [1.54, 1.807) is 7.11 Å². The lowest BCUT2D eigenvalue weighted by Gasteiger charge is -2.64. The number of rotatable bonds is 7. The number of piperazine rings is 1. The average Bonchev–Trinajstić information content (AvgIpc) is 3.39. The fourth-order valence-electron chi connectivity index (χ4n) is 11.6. The van der Waals surface area contributed by atoms with Crippen molar-refractivity contribution in [2.75, 3.05) is 44.8 Å². The number of para-hydroxylation sites is 2. The van der Waals surface area contributed by atoms with Gasteiger partial charge < -0.3 is 29.5 Å². The molecular weight excluding hydrogens is 552 g/mol. The van der Waals surface area contributed by atoms with Crippen LogP contribution < -0.4 is 9.64 Å². The summed E-state index contributed by atoms with van der Waals surface area (Å²) in [5, 5.41) is 22.5. The SMILES string of the molecule is CC[C@H]1[C@@H](O)C2C(CC[C@]3(C)C([C@H](C)CCOC(=O)N4CCN(c5ccccc5OC)CC4)CC[C@@H]23)[C@@]2(C)CC[C@@H](O)C[C@@H]12. The Morgan fingerprint density at radius 2 is 1.68 bits per heavy atom. The standard InChI is InChI=1S/C37H58N2O5/c1-6-26-30-23-25(40)13-16-37(30,4)29-14-17-36(3)27(11-12-28(36)33(29)34(26)41)24(2)15-22-44-35(42)39-20-18-38(19-21-39)31-9-7-8-10-32(31)43-5/h7-10,24-30,33-34,40-41H,6,11-23H2,1-5H3/t24-,25-,26-,27?,28+,29?,30+,33?,34-,36-,37-/m1/s1. The van der Waals surface area contributed by atoms with Crippen LogP contribution in [-0.2, 0) is 4.74 Å². The Bertz CT molecular complexity index is 1150. The zero-order chi connectivity index (χ0) is 31.2. The summed E-state index contributed by atoms with van der Waals surface area (Å²) in [5.41, 5.74) is 1.55. The van der Waals surface area contributed by atoms with E-state index < -0.39 is 0 Å². The Hall–Kier alpha value is -1.99. The number of benzene rings is 1. The van der Waals surface area contributed by atoms with Crippen LogP contribution in [0, 0.1) is 52.3 Å². The molecular formula is C37H58N2O5. The van der Waals surface area contributed by atoms with E-state index in [2.05, 4.69) is 38.7 Å². The summed E-state index contributed by atoms with van der Waals surface area (Å²) in [4.78, 5) is 17.1. The molecule has 4 saturated carbocycles. The first-order valence-electron chi connectivity index (χ1n) is 17.8. The lowest BCUT2D eigenvalue weighted by Crippen LogP contribution is -2.62. The molecule has 0 radical (unpaired) electrons. The molecule has 1 aliphatic heterocycles. The Kier molecular flexibility index (Phi) is 9.20. The van der Waals surface area contributed by atoms with Gasteiger partial charge in [-0.2, -0.15) is 0 Å². The van der Waals surface area contributed by atoms with Gasteiger partial charge in [-0.05, 0) is 116 Å². The van der Waals surface area contributed by atoms with Crippen molar-refractivity contribution in [2.45, 2.75) is 97.7 Å². The molecule has 5 aliphatic rings.